The first-order valence-electron chi connectivity index (χ1n) is 10.5. The maximum atomic E-state index is 13.6. The van der Waals surface area contributed by atoms with E-state index < -0.39 is 11.4 Å². The van der Waals surface area contributed by atoms with Crippen molar-refractivity contribution in [3.8, 4) is 10.6 Å². The highest BCUT2D eigenvalue weighted by atomic mass is 32.1. The van der Waals surface area contributed by atoms with E-state index in [1.807, 2.05) is 17.5 Å². The van der Waals surface area contributed by atoms with Gasteiger partial charge in [0.05, 0.1) is 11.4 Å². The summed E-state index contributed by atoms with van der Waals surface area (Å²) in [5.41, 5.74) is 0.417. The molecule has 31 heavy (non-hydrogen) atoms. The summed E-state index contributed by atoms with van der Waals surface area (Å²) in [4.78, 5) is 29.6. The monoisotopic (exact) mass is 438 g/mol. The second-order valence-corrected chi connectivity index (χ2v) is 9.34. The Morgan fingerprint density at radius 1 is 1.23 bits per heavy atom. The molecule has 8 heteroatoms. The van der Waals surface area contributed by atoms with Gasteiger partial charge >= 0.3 is 0 Å². The Bertz CT molecular complexity index is 1120. The number of halogens is 1. The predicted octanol–water partition coefficient (Wildman–Crippen LogP) is 4.23. The van der Waals surface area contributed by atoms with Crippen molar-refractivity contribution in [2.24, 2.45) is 0 Å². The molecule has 0 radical (unpaired) electrons. The van der Waals surface area contributed by atoms with Crippen molar-refractivity contribution >= 4 is 28.8 Å². The van der Waals surface area contributed by atoms with Crippen LogP contribution in [-0.4, -0.2) is 33.2 Å². The molecule has 0 bridgehead atoms. The van der Waals surface area contributed by atoms with Crippen LogP contribution in [0.1, 0.15) is 43.1 Å². The van der Waals surface area contributed by atoms with Gasteiger partial charge in [0.15, 0.2) is 0 Å². The first-order valence-corrected chi connectivity index (χ1v) is 11.4. The van der Waals surface area contributed by atoms with Crippen LogP contribution in [-0.2, 0) is 11.3 Å². The van der Waals surface area contributed by atoms with E-state index in [-0.39, 0.29) is 24.4 Å². The highest BCUT2D eigenvalue weighted by molar-refractivity contribution is 7.13. The van der Waals surface area contributed by atoms with Crippen molar-refractivity contribution < 1.29 is 14.0 Å². The van der Waals surface area contributed by atoms with Crippen LogP contribution < -0.4 is 10.2 Å². The fraction of sp³-hybridized carbons (Fsp3) is 0.348. The Kier molecular flexibility index (Phi) is 4.89. The zero-order valence-corrected chi connectivity index (χ0v) is 18.0. The molecule has 2 amide bonds. The number of fused-ring (bicyclic) bond motifs is 1. The number of anilines is 1. The standard InChI is InChI=1S/C23H23FN4O2S/c1-23(22(30)25-16-5-2-3-6-16)14-27-19(13-18(26-27)20-7-4-12-31-20)21(29)28(23)17-10-8-15(24)9-11-17/h4,7-13,16H,2-3,5-6,14H2,1H3,(H,25,30)/t23-/m1/s1. The van der Waals surface area contributed by atoms with Crippen molar-refractivity contribution in [1.82, 2.24) is 15.1 Å². The third kappa shape index (κ3) is 3.44. The van der Waals surface area contributed by atoms with E-state index >= 15 is 0 Å². The van der Waals surface area contributed by atoms with Gasteiger partial charge in [-0.25, -0.2) is 4.39 Å². The van der Waals surface area contributed by atoms with Crippen molar-refractivity contribution in [2.45, 2.75) is 50.7 Å². The number of hydrogen-bond donors (Lipinski definition) is 1. The zero-order chi connectivity index (χ0) is 21.6. The first-order chi connectivity index (χ1) is 15.0. The van der Waals surface area contributed by atoms with E-state index in [2.05, 4.69) is 10.4 Å². The van der Waals surface area contributed by atoms with Crippen molar-refractivity contribution in [2.75, 3.05) is 4.90 Å². The van der Waals surface area contributed by atoms with Gasteiger partial charge < -0.3 is 5.32 Å². The predicted molar refractivity (Wildman–Crippen MR) is 118 cm³/mol. The topological polar surface area (TPSA) is 67.2 Å². The molecular formula is C23H23FN4O2S. The molecule has 1 aromatic carbocycles. The number of benzene rings is 1. The number of amides is 2. The molecule has 1 fully saturated rings. The smallest absolute Gasteiger partial charge is 0.277 e. The van der Waals surface area contributed by atoms with Crippen LogP contribution in [0.15, 0.2) is 47.8 Å². The van der Waals surface area contributed by atoms with E-state index in [1.54, 1.807) is 41.1 Å². The number of carbonyl (C=O) groups is 2. The second kappa shape index (κ2) is 7.60. The summed E-state index contributed by atoms with van der Waals surface area (Å²) in [5, 5.41) is 9.73. The lowest BCUT2D eigenvalue weighted by molar-refractivity contribution is -0.127. The van der Waals surface area contributed by atoms with Gasteiger partial charge in [-0.2, -0.15) is 5.10 Å². The lowest BCUT2D eigenvalue weighted by Gasteiger charge is -2.43. The highest BCUT2D eigenvalue weighted by Crippen LogP contribution is 2.35. The third-order valence-corrected chi connectivity index (χ3v) is 7.08. The second-order valence-electron chi connectivity index (χ2n) is 8.40. The summed E-state index contributed by atoms with van der Waals surface area (Å²) in [6.07, 6.45) is 4.08. The summed E-state index contributed by atoms with van der Waals surface area (Å²) in [6.45, 7) is 1.98. The van der Waals surface area contributed by atoms with Crippen molar-refractivity contribution in [3.05, 3.63) is 59.4 Å². The van der Waals surface area contributed by atoms with Crippen molar-refractivity contribution in [1.29, 1.82) is 0 Å². The highest BCUT2D eigenvalue weighted by Gasteiger charge is 2.49. The Labute approximate surface area is 183 Å². The average molecular weight is 439 g/mol. The molecule has 1 N–H and O–H groups in total. The average Bonchev–Trinajstić information content (AvgIpc) is 3.50. The minimum Gasteiger partial charge on any atom is -0.351 e. The maximum absolute atomic E-state index is 13.6. The summed E-state index contributed by atoms with van der Waals surface area (Å²) in [6, 6.07) is 11.5. The van der Waals surface area contributed by atoms with Gasteiger partial charge in [0, 0.05) is 11.7 Å². The van der Waals surface area contributed by atoms with Crippen LogP contribution >= 0.6 is 11.3 Å². The number of aromatic nitrogens is 2. The van der Waals surface area contributed by atoms with Gasteiger partial charge in [0.2, 0.25) is 5.91 Å². The SMILES string of the molecule is C[C@]1(C(=O)NC2CCCC2)Cn2nc(-c3cccs3)cc2C(=O)N1c1ccc(F)cc1. The number of carbonyl (C=O) groups excluding carboxylic acids is 2. The third-order valence-electron chi connectivity index (χ3n) is 6.19. The van der Waals surface area contributed by atoms with Gasteiger partial charge in [0.25, 0.3) is 5.91 Å². The summed E-state index contributed by atoms with van der Waals surface area (Å²) < 4.78 is 15.2. The lowest BCUT2D eigenvalue weighted by Crippen LogP contribution is -2.65. The van der Waals surface area contributed by atoms with E-state index in [9.17, 15) is 14.0 Å². The number of thiophene rings is 1. The number of rotatable bonds is 4. The van der Waals surface area contributed by atoms with Gasteiger partial charge in [-0.15, -0.1) is 11.3 Å². The molecule has 5 rings (SSSR count). The molecular weight excluding hydrogens is 415 g/mol. The molecule has 3 heterocycles. The molecule has 1 atom stereocenters. The van der Waals surface area contributed by atoms with Crippen molar-refractivity contribution in [3.63, 3.8) is 0 Å². The Morgan fingerprint density at radius 2 is 1.97 bits per heavy atom. The molecule has 6 nitrogen and oxygen atoms in total. The van der Waals surface area contributed by atoms with Crippen LogP contribution in [0.25, 0.3) is 10.6 Å². The van der Waals surface area contributed by atoms with Crippen LogP contribution in [0.2, 0.25) is 0 Å². The molecule has 2 aromatic heterocycles. The zero-order valence-electron chi connectivity index (χ0n) is 17.2. The van der Waals surface area contributed by atoms with Crippen LogP contribution in [0.3, 0.4) is 0 Å². The molecule has 1 aliphatic heterocycles. The molecule has 160 valence electrons. The molecule has 1 aliphatic carbocycles. The Balaban J connectivity index is 1.57. The van der Waals surface area contributed by atoms with Gasteiger partial charge in [-0.05, 0) is 61.5 Å². The number of nitrogens with zero attached hydrogens (tertiary/aromatic N) is 3. The normalized spacial score (nSPS) is 21.4. The Hall–Kier alpha value is -3.00. The molecule has 3 aromatic rings. The molecule has 0 unspecified atom stereocenters. The summed E-state index contributed by atoms with van der Waals surface area (Å²) in [7, 11) is 0. The molecule has 2 aliphatic rings. The number of hydrogen-bond acceptors (Lipinski definition) is 4. The van der Waals surface area contributed by atoms with E-state index in [1.165, 1.54) is 17.0 Å². The van der Waals surface area contributed by atoms with Crippen LogP contribution in [0, 0.1) is 5.82 Å². The van der Waals surface area contributed by atoms with Crippen LogP contribution in [0.4, 0.5) is 10.1 Å². The van der Waals surface area contributed by atoms with Gasteiger partial charge in [-0.3, -0.25) is 19.2 Å². The lowest BCUT2D eigenvalue weighted by atomic mass is 9.93. The molecule has 1 saturated carbocycles. The minimum absolute atomic E-state index is 0.121. The van der Waals surface area contributed by atoms with E-state index in [4.69, 9.17) is 0 Å². The summed E-state index contributed by atoms with van der Waals surface area (Å²) in [5.74, 6) is -0.927. The molecule has 0 spiro atoms. The summed E-state index contributed by atoms with van der Waals surface area (Å²) >= 11 is 1.55. The van der Waals surface area contributed by atoms with E-state index in [0.717, 1.165) is 30.6 Å². The van der Waals surface area contributed by atoms with Gasteiger partial charge in [-0.1, -0.05) is 18.9 Å². The fourth-order valence-electron chi connectivity index (χ4n) is 4.53. The van der Waals surface area contributed by atoms with E-state index in [0.29, 0.717) is 17.1 Å². The quantitative estimate of drug-likeness (QED) is 0.663. The van der Waals surface area contributed by atoms with Crippen LogP contribution in [0.5, 0.6) is 0 Å². The minimum atomic E-state index is -1.19. The molecule has 0 saturated heterocycles. The number of nitrogens with one attached hydrogen (secondary N) is 1. The maximum Gasteiger partial charge on any atom is 0.277 e. The Morgan fingerprint density at radius 3 is 2.65 bits per heavy atom. The first kappa shape index (κ1) is 19.9. The fourth-order valence-corrected chi connectivity index (χ4v) is 5.21. The largest absolute Gasteiger partial charge is 0.351 e. The van der Waals surface area contributed by atoms with Gasteiger partial charge in [0.1, 0.15) is 22.7 Å².